The summed E-state index contributed by atoms with van der Waals surface area (Å²) in [4.78, 5) is 13.6. The number of thiocarbonyl (C=S) groups is 1. The number of nitrogens with zero attached hydrogens (tertiary/aromatic N) is 1. The highest BCUT2D eigenvalue weighted by molar-refractivity contribution is 7.80. The molecule has 0 atom stereocenters. The maximum atomic E-state index is 12.5. The predicted molar refractivity (Wildman–Crippen MR) is 91.1 cm³/mol. The van der Waals surface area contributed by atoms with Gasteiger partial charge in [-0.2, -0.15) is 0 Å². The molecule has 110 valence electrons. The Hall–Kier alpha value is -1.92. The number of hydrogen-bond donors (Lipinski definition) is 2. The lowest BCUT2D eigenvalue weighted by molar-refractivity contribution is 0.0876. The van der Waals surface area contributed by atoms with Gasteiger partial charge in [-0.25, -0.2) is 0 Å². The summed E-state index contributed by atoms with van der Waals surface area (Å²) in [6.07, 6.45) is 0. The fourth-order valence-electron chi connectivity index (χ4n) is 2.06. The standard InChI is InChI=1S/C15H17N3OS2/c1-3-18(15(16)20)17-14(19)12-9-21-10(2)13(12)11-7-5-4-6-8-11/h4-9H,3H2,1-2H3,(H2,16,20)(H,17,19). The Morgan fingerprint density at radius 3 is 2.62 bits per heavy atom. The third-order valence-electron chi connectivity index (χ3n) is 3.10. The minimum Gasteiger partial charge on any atom is -0.375 e. The molecular formula is C15H17N3OS2. The number of carbonyl (C=O) groups excluding carboxylic acids is 1. The van der Waals surface area contributed by atoms with E-state index in [4.69, 9.17) is 18.0 Å². The van der Waals surface area contributed by atoms with Crippen molar-refractivity contribution in [2.45, 2.75) is 13.8 Å². The molecule has 0 saturated heterocycles. The molecule has 21 heavy (non-hydrogen) atoms. The van der Waals surface area contributed by atoms with Gasteiger partial charge in [-0.15, -0.1) is 11.3 Å². The van der Waals surface area contributed by atoms with E-state index in [0.717, 1.165) is 16.0 Å². The van der Waals surface area contributed by atoms with Gasteiger partial charge in [-0.1, -0.05) is 30.3 Å². The molecule has 0 fully saturated rings. The van der Waals surface area contributed by atoms with Crippen LogP contribution in [0.2, 0.25) is 0 Å². The van der Waals surface area contributed by atoms with Crippen molar-refractivity contribution < 1.29 is 4.79 Å². The second-order valence-electron chi connectivity index (χ2n) is 4.47. The van der Waals surface area contributed by atoms with Crippen LogP contribution in [0.4, 0.5) is 0 Å². The Kier molecular flexibility index (Phi) is 4.93. The Labute approximate surface area is 133 Å². The highest BCUT2D eigenvalue weighted by Crippen LogP contribution is 2.32. The van der Waals surface area contributed by atoms with Crippen LogP contribution in [0, 0.1) is 6.92 Å². The first-order chi connectivity index (χ1) is 10.0. The molecule has 3 N–H and O–H groups in total. The molecule has 0 aliphatic heterocycles. The van der Waals surface area contributed by atoms with Gasteiger partial charge < -0.3 is 5.73 Å². The number of rotatable bonds is 3. The molecule has 1 amide bonds. The predicted octanol–water partition coefficient (Wildman–Crippen LogP) is 2.93. The normalized spacial score (nSPS) is 10.2. The molecule has 1 aromatic carbocycles. The molecule has 4 nitrogen and oxygen atoms in total. The molecule has 0 unspecified atom stereocenters. The number of carbonyl (C=O) groups is 1. The minimum atomic E-state index is -0.201. The van der Waals surface area contributed by atoms with Crippen molar-refractivity contribution in [3.05, 3.63) is 46.2 Å². The van der Waals surface area contributed by atoms with E-state index in [1.54, 1.807) is 11.3 Å². The molecule has 0 aliphatic carbocycles. The summed E-state index contributed by atoms with van der Waals surface area (Å²) in [6, 6.07) is 9.87. The second-order valence-corrected chi connectivity index (χ2v) is 5.97. The van der Waals surface area contributed by atoms with Crippen molar-refractivity contribution in [2.75, 3.05) is 6.54 Å². The number of aryl methyl sites for hydroxylation is 1. The Bertz CT molecular complexity index is 652. The van der Waals surface area contributed by atoms with E-state index in [0.29, 0.717) is 12.1 Å². The molecule has 1 aromatic heterocycles. The molecule has 1 heterocycles. The Morgan fingerprint density at radius 1 is 1.38 bits per heavy atom. The fourth-order valence-corrected chi connectivity index (χ4v) is 3.10. The molecule has 0 spiro atoms. The second kappa shape index (κ2) is 6.69. The number of amides is 1. The molecule has 2 rings (SSSR count). The van der Waals surface area contributed by atoms with E-state index >= 15 is 0 Å². The first-order valence-electron chi connectivity index (χ1n) is 6.56. The van der Waals surface area contributed by atoms with Crippen LogP contribution in [0.25, 0.3) is 11.1 Å². The Morgan fingerprint density at radius 2 is 2.05 bits per heavy atom. The summed E-state index contributed by atoms with van der Waals surface area (Å²) in [7, 11) is 0. The number of thiophene rings is 1. The number of nitrogens with two attached hydrogens (primary N) is 1. The van der Waals surface area contributed by atoms with Crippen LogP contribution in [0.1, 0.15) is 22.2 Å². The van der Waals surface area contributed by atoms with Gasteiger partial charge >= 0.3 is 0 Å². The van der Waals surface area contributed by atoms with Crippen molar-refractivity contribution >= 4 is 34.6 Å². The van der Waals surface area contributed by atoms with Gasteiger partial charge in [0.25, 0.3) is 5.91 Å². The summed E-state index contributed by atoms with van der Waals surface area (Å²) in [5.41, 5.74) is 10.9. The van der Waals surface area contributed by atoms with Crippen LogP contribution in [0.5, 0.6) is 0 Å². The van der Waals surface area contributed by atoms with Crippen molar-refractivity contribution in [1.82, 2.24) is 10.4 Å². The first kappa shape index (κ1) is 15.5. The number of hydrazine groups is 1. The highest BCUT2D eigenvalue weighted by atomic mass is 32.1. The molecule has 0 radical (unpaired) electrons. The monoisotopic (exact) mass is 319 g/mol. The minimum absolute atomic E-state index is 0.152. The quantitative estimate of drug-likeness (QED) is 0.674. The summed E-state index contributed by atoms with van der Waals surface area (Å²) >= 11 is 6.46. The largest absolute Gasteiger partial charge is 0.375 e. The summed E-state index contributed by atoms with van der Waals surface area (Å²) in [5.74, 6) is -0.201. The van der Waals surface area contributed by atoms with Crippen molar-refractivity contribution in [3.63, 3.8) is 0 Å². The lowest BCUT2D eigenvalue weighted by Crippen LogP contribution is -2.48. The lowest BCUT2D eigenvalue weighted by atomic mass is 10.0. The third-order valence-corrected chi connectivity index (χ3v) is 4.23. The van der Waals surface area contributed by atoms with E-state index in [2.05, 4.69) is 5.43 Å². The van der Waals surface area contributed by atoms with Crippen LogP contribution in [-0.2, 0) is 0 Å². The van der Waals surface area contributed by atoms with Crippen LogP contribution in [0.3, 0.4) is 0 Å². The van der Waals surface area contributed by atoms with Crippen LogP contribution >= 0.6 is 23.6 Å². The molecular weight excluding hydrogens is 302 g/mol. The van der Waals surface area contributed by atoms with E-state index < -0.39 is 0 Å². The van der Waals surface area contributed by atoms with E-state index in [1.807, 2.05) is 49.6 Å². The van der Waals surface area contributed by atoms with Gasteiger partial charge in [0, 0.05) is 22.4 Å². The number of nitrogens with one attached hydrogen (secondary N) is 1. The Balaban J connectivity index is 2.33. The van der Waals surface area contributed by atoms with Crippen molar-refractivity contribution in [1.29, 1.82) is 0 Å². The SMILES string of the molecule is CCN(NC(=O)c1csc(C)c1-c1ccccc1)C(N)=S. The smallest absolute Gasteiger partial charge is 0.271 e. The van der Waals surface area contributed by atoms with Crippen LogP contribution in [-0.4, -0.2) is 22.6 Å². The number of benzene rings is 1. The van der Waals surface area contributed by atoms with E-state index in [1.165, 1.54) is 5.01 Å². The van der Waals surface area contributed by atoms with Gasteiger partial charge in [0.05, 0.1) is 5.56 Å². The van der Waals surface area contributed by atoms with Gasteiger partial charge in [0.1, 0.15) is 0 Å². The maximum absolute atomic E-state index is 12.5. The van der Waals surface area contributed by atoms with E-state index in [9.17, 15) is 4.79 Å². The van der Waals surface area contributed by atoms with E-state index in [-0.39, 0.29) is 11.0 Å². The van der Waals surface area contributed by atoms with Crippen LogP contribution in [0.15, 0.2) is 35.7 Å². The summed E-state index contributed by atoms with van der Waals surface area (Å²) < 4.78 is 0. The molecule has 6 heteroatoms. The molecule has 0 saturated carbocycles. The average Bonchev–Trinajstić information content (AvgIpc) is 2.87. The molecule has 2 aromatic rings. The molecule has 0 aliphatic rings. The zero-order valence-electron chi connectivity index (χ0n) is 11.9. The lowest BCUT2D eigenvalue weighted by Gasteiger charge is -2.21. The first-order valence-corrected chi connectivity index (χ1v) is 7.84. The fraction of sp³-hybridized carbons (Fsp3) is 0.200. The summed E-state index contributed by atoms with van der Waals surface area (Å²) in [5, 5.41) is 3.47. The highest BCUT2D eigenvalue weighted by Gasteiger charge is 2.19. The van der Waals surface area contributed by atoms with Gasteiger partial charge in [-0.05, 0) is 31.6 Å². The van der Waals surface area contributed by atoms with Crippen molar-refractivity contribution in [3.8, 4) is 11.1 Å². The zero-order chi connectivity index (χ0) is 15.4. The van der Waals surface area contributed by atoms with Crippen LogP contribution < -0.4 is 11.2 Å². The van der Waals surface area contributed by atoms with Gasteiger partial charge in [0.15, 0.2) is 5.11 Å². The third kappa shape index (κ3) is 3.40. The van der Waals surface area contributed by atoms with Crippen molar-refractivity contribution in [2.24, 2.45) is 5.73 Å². The van der Waals surface area contributed by atoms with Gasteiger partial charge in [0.2, 0.25) is 0 Å². The summed E-state index contributed by atoms with van der Waals surface area (Å²) in [6.45, 7) is 4.40. The maximum Gasteiger partial charge on any atom is 0.271 e. The topological polar surface area (TPSA) is 58.4 Å². The number of hydrogen-bond acceptors (Lipinski definition) is 3. The van der Waals surface area contributed by atoms with Gasteiger partial charge in [-0.3, -0.25) is 15.2 Å². The average molecular weight is 319 g/mol. The molecule has 0 bridgehead atoms. The zero-order valence-corrected chi connectivity index (χ0v) is 13.6.